The molecule has 1 heterocycles. The van der Waals surface area contributed by atoms with Gasteiger partial charge in [0.15, 0.2) is 0 Å². The number of allylic oxidation sites excluding steroid dienone is 1. The van der Waals surface area contributed by atoms with Gasteiger partial charge in [-0.25, -0.2) is 9.29 Å². The lowest BCUT2D eigenvalue weighted by Crippen LogP contribution is -2.46. The van der Waals surface area contributed by atoms with Gasteiger partial charge >= 0.3 is 0 Å². The molecule has 2 aliphatic rings. The Kier molecular flexibility index (Phi) is 7.25. The summed E-state index contributed by atoms with van der Waals surface area (Å²) in [6, 6.07) is 11.9. The summed E-state index contributed by atoms with van der Waals surface area (Å²) in [6.45, 7) is 4.50. The second kappa shape index (κ2) is 10.3. The molecule has 3 amide bonds. The van der Waals surface area contributed by atoms with Gasteiger partial charge in [-0.3, -0.25) is 14.4 Å². The predicted molar refractivity (Wildman–Crippen MR) is 130 cm³/mol. The highest BCUT2D eigenvalue weighted by atomic mass is 19.1. The third-order valence-corrected chi connectivity index (χ3v) is 6.73. The first-order valence-electron chi connectivity index (χ1n) is 12.1. The number of anilines is 1. The van der Waals surface area contributed by atoms with Crippen molar-refractivity contribution in [3.63, 3.8) is 0 Å². The third kappa shape index (κ3) is 5.11. The van der Waals surface area contributed by atoms with Crippen molar-refractivity contribution < 1.29 is 18.8 Å². The maximum Gasteiger partial charge on any atom is 0.257 e. The Hall–Kier alpha value is -3.28. The van der Waals surface area contributed by atoms with Crippen molar-refractivity contribution in [1.29, 1.82) is 0 Å². The van der Waals surface area contributed by atoms with Crippen LogP contribution in [0.5, 0.6) is 0 Å². The summed E-state index contributed by atoms with van der Waals surface area (Å²) in [5.41, 5.74) is 3.22. The summed E-state index contributed by atoms with van der Waals surface area (Å²) < 4.78 is 13.4. The second-order valence-corrected chi connectivity index (χ2v) is 9.40. The average molecular weight is 463 g/mol. The fourth-order valence-corrected chi connectivity index (χ4v) is 4.69. The molecule has 4 rings (SSSR count). The standard InChI is InChI=1S/C28H31FN2O3/c1-19(2)21-10-14-24(15-11-21)31-26(32)18-25(28(31)34)30(17-16-20-6-4-3-5-7-20)27(33)22-8-12-23(29)13-9-22/h6,8-15,19,25H,3-5,7,16-18H2,1-2H3. The van der Waals surface area contributed by atoms with E-state index < -0.39 is 17.8 Å². The number of carbonyl (C=O) groups is 3. The maximum absolute atomic E-state index is 13.5. The summed E-state index contributed by atoms with van der Waals surface area (Å²) in [6.07, 6.45) is 7.13. The van der Waals surface area contributed by atoms with Crippen LogP contribution in [0.4, 0.5) is 10.1 Å². The Morgan fingerprint density at radius 2 is 1.76 bits per heavy atom. The quantitative estimate of drug-likeness (QED) is 0.397. The molecule has 1 atom stereocenters. The summed E-state index contributed by atoms with van der Waals surface area (Å²) in [7, 11) is 0. The van der Waals surface area contributed by atoms with Crippen molar-refractivity contribution in [2.75, 3.05) is 11.4 Å². The molecule has 178 valence electrons. The lowest BCUT2D eigenvalue weighted by molar-refractivity contribution is -0.122. The molecule has 1 saturated heterocycles. The Morgan fingerprint density at radius 3 is 2.38 bits per heavy atom. The molecule has 0 N–H and O–H groups in total. The Labute approximate surface area is 200 Å². The number of benzene rings is 2. The minimum Gasteiger partial charge on any atom is -0.326 e. The van der Waals surface area contributed by atoms with Crippen molar-refractivity contribution in [2.45, 2.75) is 64.3 Å². The van der Waals surface area contributed by atoms with Crippen LogP contribution < -0.4 is 4.90 Å². The van der Waals surface area contributed by atoms with Gasteiger partial charge in [-0.05, 0) is 80.0 Å². The van der Waals surface area contributed by atoms with Gasteiger partial charge in [0.1, 0.15) is 11.9 Å². The van der Waals surface area contributed by atoms with Crippen LogP contribution >= 0.6 is 0 Å². The first kappa shape index (κ1) is 23.9. The van der Waals surface area contributed by atoms with Crippen molar-refractivity contribution in [3.8, 4) is 0 Å². The third-order valence-electron chi connectivity index (χ3n) is 6.73. The second-order valence-electron chi connectivity index (χ2n) is 9.40. The Bertz CT molecular complexity index is 1090. The van der Waals surface area contributed by atoms with Crippen LogP contribution in [0.1, 0.15) is 74.2 Å². The Morgan fingerprint density at radius 1 is 1.06 bits per heavy atom. The zero-order valence-electron chi connectivity index (χ0n) is 19.8. The van der Waals surface area contributed by atoms with E-state index in [0.717, 1.165) is 24.8 Å². The van der Waals surface area contributed by atoms with Gasteiger partial charge in [0.2, 0.25) is 5.91 Å². The molecule has 1 aliphatic carbocycles. The fraction of sp³-hybridized carbons (Fsp3) is 0.393. The SMILES string of the molecule is CC(C)c1ccc(N2C(=O)CC(N(CCC3=CCCCC3)C(=O)c3ccc(F)cc3)C2=O)cc1. The largest absolute Gasteiger partial charge is 0.326 e. The first-order chi connectivity index (χ1) is 16.3. The topological polar surface area (TPSA) is 57.7 Å². The molecule has 1 fully saturated rings. The molecule has 0 spiro atoms. The number of carbonyl (C=O) groups excluding carboxylic acids is 3. The molecule has 2 aromatic carbocycles. The minimum atomic E-state index is -0.876. The number of halogens is 1. The number of amides is 3. The van der Waals surface area contributed by atoms with Gasteiger partial charge in [-0.15, -0.1) is 0 Å². The van der Waals surface area contributed by atoms with E-state index in [1.807, 2.05) is 12.1 Å². The molecule has 0 radical (unpaired) electrons. The smallest absolute Gasteiger partial charge is 0.257 e. The molecule has 0 saturated carbocycles. The van der Waals surface area contributed by atoms with E-state index in [9.17, 15) is 18.8 Å². The number of hydrogen-bond donors (Lipinski definition) is 0. The van der Waals surface area contributed by atoms with E-state index in [0.29, 0.717) is 30.1 Å². The lowest BCUT2D eigenvalue weighted by atomic mass is 9.96. The fourth-order valence-electron chi connectivity index (χ4n) is 4.69. The van der Waals surface area contributed by atoms with Gasteiger partial charge in [0.05, 0.1) is 12.1 Å². The molecule has 5 nitrogen and oxygen atoms in total. The average Bonchev–Trinajstić information content (AvgIpc) is 3.13. The predicted octanol–water partition coefficient (Wildman–Crippen LogP) is 5.61. The maximum atomic E-state index is 13.5. The van der Waals surface area contributed by atoms with Crippen LogP contribution in [0.3, 0.4) is 0 Å². The van der Waals surface area contributed by atoms with Crippen LogP contribution in [0.2, 0.25) is 0 Å². The summed E-state index contributed by atoms with van der Waals surface area (Å²) in [5.74, 6) is -1.17. The van der Waals surface area contributed by atoms with Crippen LogP contribution in [-0.4, -0.2) is 35.2 Å². The van der Waals surface area contributed by atoms with Gasteiger partial charge in [-0.1, -0.05) is 37.6 Å². The van der Waals surface area contributed by atoms with Crippen molar-refractivity contribution in [2.24, 2.45) is 0 Å². The zero-order chi connectivity index (χ0) is 24.2. The van der Waals surface area contributed by atoms with Gasteiger partial charge in [-0.2, -0.15) is 0 Å². The van der Waals surface area contributed by atoms with Crippen LogP contribution in [0.15, 0.2) is 60.2 Å². The van der Waals surface area contributed by atoms with Gasteiger partial charge in [0.25, 0.3) is 11.8 Å². The highest BCUT2D eigenvalue weighted by Crippen LogP contribution is 2.29. The molecule has 0 aromatic heterocycles. The van der Waals surface area contributed by atoms with Crippen molar-refractivity contribution >= 4 is 23.4 Å². The summed E-state index contributed by atoms with van der Waals surface area (Å²) >= 11 is 0. The number of hydrogen-bond acceptors (Lipinski definition) is 3. The van der Waals surface area contributed by atoms with Crippen LogP contribution in [0, 0.1) is 5.82 Å². The van der Waals surface area contributed by atoms with E-state index in [4.69, 9.17) is 0 Å². The van der Waals surface area contributed by atoms with Crippen molar-refractivity contribution in [1.82, 2.24) is 4.90 Å². The number of rotatable bonds is 7. The molecule has 34 heavy (non-hydrogen) atoms. The monoisotopic (exact) mass is 462 g/mol. The van der Waals surface area contributed by atoms with E-state index in [1.54, 1.807) is 12.1 Å². The van der Waals surface area contributed by atoms with Crippen molar-refractivity contribution in [3.05, 3.63) is 77.1 Å². The molecule has 6 heteroatoms. The van der Waals surface area contributed by atoms with Gasteiger partial charge in [0, 0.05) is 12.1 Å². The van der Waals surface area contributed by atoms with E-state index >= 15 is 0 Å². The molecule has 0 bridgehead atoms. The highest BCUT2D eigenvalue weighted by Gasteiger charge is 2.44. The van der Waals surface area contributed by atoms with Crippen LogP contribution in [0.25, 0.3) is 0 Å². The first-order valence-corrected chi connectivity index (χ1v) is 12.1. The van der Waals surface area contributed by atoms with E-state index in [1.165, 1.54) is 46.1 Å². The van der Waals surface area contributed by atoms with E-state index in [2.05, 4.69) is 19.9 Å². The molecule has 1 unspecified atom stereocenters. The molecular formula is C28H31FN2O3. The normalized spacial score (nSPS) is 18.4. The number of nitrogens with zero attached hydrogens (tertiary/aromatic N) is 2. The molecule has 1 aliphatic heterocycles. The highest BCUT2D eigenvalue weighted by molar-refractivity contribution is 6.23. The van der Waals surface area contributed by atoms with Gasteiger partial charge < -0.3 is 4.90 Å². The number of imide groups is 1. The Balaban J connectivity index is 1.59. The minimum absolute atomic E-state index is 0.0588. The lowest BCUT2D eigenvalue weighted by Gasteiger charge is -2.28. The summed E-state index contributed by atoms with van der Waals surface area (Å²) in [4.78, 5) is 42.5. The van der Waals surface area contributed by atoms with E-state index in [-0.39, 0.29) is 18.2 Å². The molecule has 2 aromatic rings. The summed E-state index contributed by atoms with van der Waals surface area (Å²) in [5, 5.41) is 0. The molecular weight excluding hydrogens is 431 g/mol. The zero-order valence-corrected chi connectivity index (χ0v) is 19.8. The van der Waals surface area contributed by atoms with Crippen LogP contribution in [-0.2, 0) is 9.59 Å².